The van der Waals surface area contributed by atoms with E-state index in [1.54, 1.807) is 23.1 Å². The van der Waals surface area contributed by atoms with E-state index < -0.39 is 11.6 Å². The van der Waals surface area contributed by atoms with Crippen LogP contribution in [0, 0.1) is 17.6 Å². The zero-order valence-electron chi connectivity index (χ0n) is 12.9. The number of nitrogens with zero attached hydrogens (tertiary/aromatic N) is 2. The predicted molar refractivity (Wildman–Crippen MR) is 83.9 cm³/mol. The van der Waals surface area contributed by atoms with Gasteiger partial charge in [0, 0.05) is 18.7 Å². The van der Waals surface area contributed by atoms with Crippen LogP contribution >= 0.6 is 0 Å². The van der Waals surface area contributed by atoms with Gasteiger partial charge in [0.25, 0.3) is 5.91 Å². The second-order valence-corrected chi connectivity index (χ2v) is 5.98. The summed E-state index contributed by atoms with van der Waals surface area (Å²) in [6.45, 7) is 3.59. The van der Waals surface area contributed by atoms with E-state index in [1.165, 1.54) is 12.1 Å². The second kappa shape index (κ2) is 6.44. The fourth-order valence-electron chi connectivity index (χ4n) is 2.78. The number of benzene rings is 1. The Kier molecular flexibility index (Phi) is 4.37. The number of hydrogen-bond acceptors (Lipinski definition) is 2. The van der Waals surface area contributed by atoms with Crippen molar-refractivity contribution in [3.63, 3.8) is 0 Å². The minimum absolute atomic E-state index is 0.0620. The molecule has 5 heteroatoms. The molecular weight excluding hydrogens is 298 g/mol. The number of carbonyl (C=O) groups is 1. The Labute approximate surface area is 134 Å². The van der Waals surface area contributed by atoms with Gasteiger partial charge >= 0.3 is 0 Å². The van der Waals surface area contributed by atoms with Crippen molar-refractivity contribution in [2.24, 2.45) is 5.92 Å². The Morgan fingerprint density at radius 3 is 2.57 bits per heavy atom. The maximum Gasteiger partial charge on any atom is 0.272 e. The number of carbonyl (C=O) groups excluding carboxylic acids is 1. The average Bonchev–Trinajstić information content (AvgIpc) is 2.57. The lowest BCUT2D eigenvalue weighted by Crippen LogP contribution is -2.38. The minimum atomic E-state index is -0.948. The molecule has 0 radical (unpaired) electrons. The van der Waals surface area contributed by atoms with Gasteiger partial charge < -0.3 is 4.90 Å². The molecule has 1 amide bonds. The molecule has 120 valence electrons. The Bertz CT molecular complexity index is 725. The van der Waals surface area contributed by atoms with Crippen LogP contribution in [0.25, 0.3) is 11.3 Å². The molecule has 1 aromatic heterocycles. The van der Waals surface area contributed by atoms with E-state index in [9.17, 15) is 13.6 Å². The lowest BCUT2D eigenvalue weighted by Gasteiger charge is -2.30. The highest BCUT2D eigenvalue weighted by molar-refractivity contribution is 5.93. The first-order valence-corrected chi connectivity index (χ1v) is 7.77. The first-order valence-electron chi connectivity index (χ1n) is 7.77. The molecule has 1 saturated heterocycles. The first-order chi connectivity index (χ1) is 11.1. The molecule has 0 atom stereocenters. The van der Waals surface area contributed by atoms with Crippen LogP contribution in [0.1, 0.15) is 30.3 Å². The third kappa shape index (κ3) is 3.23. The largest absolute Gasteiger partial charge is 0.337 e. The van der Waals surface area contributed by atoms with Crippen LogP contribution < -0.4 is 0 Å². The number of pyridine rings is 1. The molecule has 0 saturated carbocycles. The highest BCUT2D eigenvalue weighted by Gasteiger charge is 2.22. The van der Waals surface area contributed by atoms with Gasteiger partial charge in [-0.1, -0.05) is 19.1 Å². The quantitative estimate of drug-likeness (QED) is 0.842. The molecule has 0 spiro atoms. The molecule has 0 bridgehead atoms. The maximum absolute atomic E-state index is 13.9. The zero-order valence-corrected chi connectivity index (χ0v) is 12.9. The van der Waals surface area contributed by atoms with Gasteiger partial charge in [-0.05, 0) is 43.0 Å². The Morgan fingerprint density at radius 1 is 1.13 bits per heavy atom. The third-order valence-corrected chi connectivity index (χ3v) is 4.27. The van der Waals surface area contributed by atoms with E-state index in [1.807, 2.05) is 0 Å². The molecule has 1 aromatic carbocycles. The minimum Gasteiger partial charge on any atom is -0.337 e. The Balaban J connectivity index is 1.88. The molecule has 3 nitrogen and oxygen atoms in total. The zero-order chi connectivity index (χ0) is 16.4. The summed E-state index contributed by atoms with van der Waals surface area (Å²) in [5, 5.41) is 0. The Morgan fingerprint density at radius 2 is 1.83 bits per heavy atom. The van der Waals surface area contributed by atoms with Crippen LogP contribution in [0.3, 0.4) is 0 Å². The average molecular weight is 316 g/mol. The number of halogens is 2. The van der Waals surface area contributed by atoms with Crippen molar-refractivity contribution in [2.45, 2.75) is 19.8 Å². The van der Waals surface area contributed by atoms with Gasteiger partial charge in [-0.3, -0.25) is 4.79 Å². The number of amides is 1. The summed E-state index contributed by atoms with van der Waals surface area (Å²) in [5.74, 6) is -1.40. The van der Waals surface area contributed by atoms with Crippen molar-refractivity contribution in [1.82, 2.24) is 9.88 Å². The van der Waals surface area contributed by atoms with Gasteiger partial charge in [-0.25, -0.2) is 13.8 Å². The number of piperidine rings is 1. The molecule has 2 aromatic rings. The van der Waals surface area contributed by atoms with Gasteiger partial charge in [-0.2, -0.15) is 0 Å². The molecule has 0 N–H and O–H groups in total. The van der Waals surface area contributed by atoms with Crippen molar-refractivity contribution < 1.29 is 13.6 Å². The molecule has 23 heavy (non-hydrogen) atoms. The molecule has 0 unspecified atom stereocenters. The number of rotatable bonds is 2. The van der Waals surface area contributed by atoms with Crippen LogP contribution in [0.4, 0.5) is 8.78 Å². The fraction of sp³-hybridized carbons (Fsp3) is 0.333. The summed E-state index contributed by atoms with van der Waals surface area (Å²) >= 11 is 0. The van der Waals surface area contributed by atoms with Gasteiger partial charge in [0.2, 0.25) is 0 Å². The number of aromatic nitrogens is 1. The van der Waals surface area contributed by atoms with Crippen LogP contribution in [0.15, 0.2) is 36.4 Å². The van der Waals surface area contributed by atoms with E-state index in [4.69, 9.17) is 0 Å². The maximum atomic E-state index is 13.9. The third-order valence-electron chi connectivity index (χ3n) is 4.27. The van der Waals surface area contributed by atoms with Crippen molar-refractivity contribution >= 4 is 5.91 Å². The SMILES string of the molecule is CC1CCN(C(=O)c2cccc(-c3cccc(F)c3F)n2)CC1. The van der Waals surface area contributed by atoms with Gasteiger partial charge in [-0.15, -0.1) is 0 Å². The van der Waals surface area contributed by atoms with Crippen LogP contribution in [-0.4, -0.2) is 28.9 Å². The predicted octanol–water partition coefficient (Wildman–Crippen LogP) is 3.90. The van der Waals surface area contributed by atoms with Crippen molar-refractivity contribution in [1.29, 1.82) is 0 Å². The topological polar surface area (TPSA) is 33.2 Å². The summed E-state index contributed by atoms with van der Waals surface area (Å²) in [4.78, 5) is 18.6. The summed E-state index contributed by atoms with van der Waals surface area (Å²) < 4.78 is 27.3. The van der Waals surface area contributed by atoms with Gasteiger partial charge in [0.15, 0.2) is 11.6 Å². The van der Waals surface area contributed by atoms with Gasteiger partial charge in [0.05, 0.1) is 5.69 Å². The molecular formula is C18H18F2N2O. The molecule has 3 rings (SSSR count). The number of likely N-dealkylation sites (tertiary alicyclic amines) is 1. The second-order valence-electron chi connectivity index (χ2n) is 5.98. The lowest BCUT2D eigenvalue weighted by atomic mass is 9.99. The van der Waals surface area contributed by atoms with E-state index in [2.05, 4.69) is 11.9 Å². The van der Waals surface area contributed by atoms with Gasteiger partial charge in [0.1, 0.15) is 5.69 Å². The highest BCUT2D eigenvalue weighted by Crippen LogP contribution is 2.24. The molecule has 0 aliphatic carbocycles. The smallest absolute Gasteiger partial charge is 0.272 e. The Hall–Kier alpha value is -2.30. The van der Waals surface area contributed by atoms with Crippen molar-refractivity contribution in [3.05, 3.63) is 53.7 Å². The monoisotopic (exact) mass is 316 g/mol. The summed E-state index contributed by atoms with van der Waals surface area (Å²) in [6.07, 6.45) is 1.95. The van der Waals surface area contributed by atoms with E-state index >= 15 is 0 Å². The molecule has 1 fully saturated rings. The first kappa shape index (κ1) is 15.6. The summed E-state index contributed by atoms with van der Waals surface area (Å²) in [5.41, 5.74) is 0.589. The van der Waals surface area contributed by atoms with Crippen LogP contribution in [-0.2, 0) is 0 Å². The van der Waals surface area contributed by atoms with Crippen LogP contribution in [0.2, 0.25) is 0 Å². The van der Waals surface area contributed by atoms with E-state index in [0.29, 0.717) is 19.0 Å². The fourth-order valence-corrected chi connectivity index (χ4v) is 2.78. The van der Waals surface area contributed by atoms with Crippen molar-refractivity contribution in [3.8, 4) is 11.3 Å². The standard InChI is InChI=1S/C18H18F2N2O/c1-12-8-10-22(11-9-12)18(23)16-7-3-6-15(21-16)13-4-2-5-14(19)17(13)20/h2-7,12H,8-11H2,1H3. The summed E-state index contributed by atoms with van der Waals surface area (Å²) in [7, 11) is 0. The van der Waals surface area contributed by atoms with E-state index in [0.717, 1.165) is 18.9 Å². The number of hydrogen-bond donors (Lipinski definition) is 0. The summed E-state index contributed by atoms with van der Waals surface area (Å²) in [6, 6.07) is 8.77. The lowest BCUT2D eigenvalue weighted by molar-refractivity contribution is 0.0691. The van der Waals surface area contributed by atoms with Crippen LogP contribution in [0.5, 0.6) is 0 Å². The highest BCUT2D eigenvalue weighted by atomic mass is 19.2. The normalized spacial score (nSPS) is 15.7. The molecule has 1 aliphatic rings. The molecule has 1 aliphatic heterocycles. The van der Waals surface area contributed by atoms with E-state index in [-0.39, 0.29) is 22.9 Å². The van der Waals surface area contributed by atoms with Crippen molar-refractivity contribution in [2.75, 3.05) is 13.1 Å². The molecule has 2 heterocycles.